The lowest BCUT2D eigenvalue weighted by Crippen LogP contribution is -2.16. The van der Waals surface area contributed by atoms with Gasteiger partial charge in [-0.15, -0.1) is 0 Å². The minimum absolute atomic E-state index is 0.0983. The Labute approximate surface area is 130 Å². The molecular weight excluding hydrogens is 286 g/mol. The Hall–Kier alpha value is -1.68. The Morgan fingerprint density at radius 1 is 1.10 bits per heavy atom. The molecule has 0 aliphatic carbocycles. The maximum absolute atomic E-state index is 6.13. The average Bonchev–Trinajstić information content (AvgIpc) is 2.36. The number of aromatic nitrogens is 3. The molecule has 0 atom stereocenters. The van der Waals surface area contributed by atoms with Gasteiger partial charge in [0.05, 0.1) is 18.0 Å². The van der Waals surface area contributed by atoms with Crippen molar-refractivity contribution >= 4 is 11.6 Å². The highest BCUT2D eigenvalue weighted by molar-refractivity contribution is 6.29. The number of pyridine rings is 1. The molecule has 0 aromatic carbocycles. The van der Waals surface area contributed by atoms with Crippen molar-refractivity contribution < 1.29 is 4.74 Å². The molecule has 0 N–H and O–H groups in total. The molecule has 21 heavy (non-hydrogen) atoms. The molecule has 0 bridgehead atoms. The van der Waals surface area contributed by atoms with Gasteiger partial charge in [-0.3, -0.25) is 4.98 Å². The van der Waals surface area contributed by atoms with E-state index >= 15 is 0 Å². The Morgan fingerprint density at radius 3 is 2.43 bits per heavy atom. The molecule has 4 nitrogen and oxygen atoms in total. The Bertz CT molecular complexity index is 636. The van der Waals surface area contributed by atoms with Crippen LogP contribution in [-0.2, 0) is 5.41 Å². The van der Waals surface area contributed by atoms with Crippen LogP contribution in [0.25, 0.3) is 11.3 Å². The first-order valence-electron chi connectivity index (χ1n) is 6.93. The van der Waals surface area contributed by atoms with Gasteiger partial charge in [0.1, 0.15) is 16.7 Å². The van der Waals surface area contributed by atoms with Crippen molar-refractivity contribution in [3.05, 3.63) is 35.5 Å². The molecule has 2 rings (SSSR count). The van der Waals surface area contributed by atoms with Crippen LogP contribution in [0.1, 0.15) is 40.4 Å². The fourth-order valence-electron chi connectivity index (χ4n) is 1.80. The zero-order valence-electron chi connectivity index (χ0n) is 13.0. The summed E-state index contributed by atoms with van der Waals surface area (Å²) in [5, 5.41) is 0.431. The molecule has 0 aliphatic rings. The van der Waals surface area contributed by atoms with Crippen molar-refractivity contribution in [2.75, 3.05) is 0 Å². The molecular formula is C16H20ClN3O. The highest BCUT2D eigenvalue weighted by Gasteiger charge is 2.19. The van der Waals surface area contributed by atoms with Gasteiger partial charge in [-0.1, -0.05) is 32.4 Å². The van der Waals surface area contributed by atoms with Crippen molar-refractivity contribution in [2.24, 2.45) is 0 Å². The van der Waals surface area contributed by atoms with Crippen LogP contribution >= 0.6 is 11.6 Å². The van der Waals surface area contributed by atoms with Crippen LogP contribution in [-0.4, -0.2) is 21.1 Å². The van der Waals surface area contributed by atoms with E-state index in [0.29, 0.717) is 11.0 Å². The van der Waals surface area contributed by atoms with Crippen molar-refractivity contribution in [1.29, 1.82) is 0 Å². The molecule has 2 aromatic heterocycles. The van der Waals surface area contributed by atoms with Crippen LogP contribution in [0.15, 0.2) is 24.5 Å². The first kappa shape index (κ1) is 15.7. The van der Waals surface area contributed by atoms with Crippen LogP contribution in [0.2, 0.25) is 5.15 Å². The number of halogens is 1. The lowest BCUT2D eigenvalue weighted by Gasteiger charge is -2.17. The van der Waals surface area contributed by atoms with Crippen LogP contribution < -0.4 is 4.74 Å². The monoisotopic (exact) mass is 305 g/mol. The number of hydrogen-bond acceptors (Lipinski definition) is 4. The third-order valence-corrected chi connectivity index (χ3v) is 2.94. The van der Waals surface area contributed by atoms with E-state index in [1.54, 1.807) is 18.5 Å². The topological polar surface area (TPSA) is 47.9 Å². The molecule has 2 heterocycles. The minimum atomic E-state index is -0.168. The van der Waals surface area contributed by atoms with E-state index in [2.05, 4.69) is 35.7 Å². The normalized spacial score (nSPS) is 11.8. The summed E-state index contributed by atoms with van der Waals surface area (Å²) < 4.78 is 5.67. The number of nitrogens with zero attached hydrogens (tertiary/aromatic N) is 3. The summed E-state index contributed by atoms with van der Waals surface area (Å²) in [5.41, 5.74) is 1.45. The first-order chi connectivity index (χ1) is 9.75. The second kappa shape index (κ2) is 5.98. The summed E-state index contributed by atoms with van der Waals surface area (Å²) in [7, 11) is 0. The second-order valence-corrected chi connectivity index (χ2v) is 6.61. The smallest absolute Gasteiger partial charge is 0.138 e. The predicted octanol–water partition coefficient (Wildman–Crippen LogP) is 4.28. The number of ether oxygens (including phenoxy) is 1. The predicted molar refractivity (Wildman–Crippen MR) is 84.7 cm³/mol. The fraction of sp³-hybridized carbons (Fsp3) is 0.438. The summed E-state index contributed by atoms with van der Waals surface area (Å²) >= 11 is 6.13. The van der Waals surface area contributed by atoms with Gasteiger partial charge in [0.15, 0.2) is 0 Å². The average molecular weight is 306 g/mol. The number of hydrogen-bond donors (Lipinski definition) is 0. The molecule has 5 heteroatoms. The van der Waals surface area contributed by atoms with E-state index < -0.39 is 0 Å². The number of rotatable bonds is 3. The molecule has 0 radical (unpaired) electrons. The van der Waals surface area contributed by atoms with Crippen molar-refractivity contribution in [2.45, 2.75) is 46.1 Å². The maximum atomic E-state index is 6.13. The molecule has 0 saturated carbocycles. The summed E-state index contributed by atoms with van der Waals surface area (Å²) in [5.74, 6) is 1.43. The van der Waals surface area contributed by atoms with E-state index in [-0.39, 0.29) is 11.5 Å². The standard InChI is InChI=1S/C16H20ClN3O/c1-10(2)21-12-6-11(8-18-9-12)13-7-14(17)20-15(19-13)16(3,4)5/h6-10H,1-5H3. The van der Waals surface area contributed by atoms with E-state index in [4.69, 9.17) is 16.3 Å². The van der Waals surface area contributed by atoms with E-state index in [9.17, 15) is 0 Å². The van der Waals surface area contributed by atoms with Gasteiger partial charge in [-0.25, -0.2) is 9.97 Å². The Kier molecular flexibility index (Phi) is 4.47. The molecule has 0 saturated heterocycles. The third-order valence-electron chi connectivity index (χ3n) is 2.75. The molecule has 0 unspecified atom stereocenters. The molecule has 0 aliphatic heterocycles. The second-order valence-electron chi connectivity index (χ2n) is 6.23. The van der Waals surface area contributed by atoms with Gasteiger partial charge >= 0.3 is 0 Å². The van der Waals surface area contributed by atoms with Gasteiger partial charge < -0.3 is 4.74 Å². The lowest BCUT2D eigenvalue weighted by atomic mass is 9.95. The molecule has 0 spiro atoms. The van der Waals surface area contributed by atoms with Gasteiger partial charge in [-0.2, -0.15) is 0 Å². The minimum Gasteiger partial charge on any atom is -0.489 e. The third kappa shape index (κ3) is 4.14. The molecule has 2 aromatic rings. The summed E-state index contributed by atoms with van der Waals surface area (Å²) in [6.07, 6.45) is 3.54. The Morgan fingerprint density at radius 2 is 1.81 bits per heavy atom. The summed E-state index contributed by atoms with van der Waals surface area (Å²) in [6, 6.07) is 3.66. The maximum Gasteiger partial charge on any atom is 0.138 e. The highest BCUT2D eigenvalue weighted by Crippen LogP contribution is 2.27. The van der Waals surface area contributed by atoms with Gasteiger partial charge in [-0.05, 0) is 19.9 Å². The summed E-state index contributed by atoms with van der Waals surface area (Å²) in [6.45, 7) is 10.1. The van der Waals surface area contributed by atoms with E-state index in [1.165, 1.54) is 0 Å². The molecule has 0 amide bonds. The highest BCUT2D eigenvalue weighted by atomic mass is 35.5. The van der Waals surface area contributed by atoms with Crippen molar-refractivity contribution in [1.82, 2.24) is 15.0 Å². The first-order valence-corrected chi connectivity index (χ1v) is 7.30. The lowest BCUT2D eigenvalue weighted by molar-refractivity contribution is 0.241. The van der Waals surface area contributed by atoms with Gasteiger partial charge in [0.2, 0.25) is 0 Å². The fourth-order valence-corrected chi connectivity index (χ4v) is 1.98. The van der Waals surface area contributed by atoms with Crippen LogP contribution in [0.4, 0.5) is 0 Å². The van der Waals surface area contributed by atoms with E-state index in [0.717, 1.165) is 17.0 Å². The van der Waals surface area contributed by atoms with Crippen LogP contribution in [0, 0.1) is 0 Å². The Balaban J connectivity index is 2.44. The SMILES string of the molecule is CC(C)Oc1cncc(-c2cc(Cl)nc(C(C)(C)C)n2)c1. The van der Waals surface area contributed by atoms with Gasteiger partial charge in [0, 0.05) is 23.2 Å². The molecule has 0 fully saturated rings. The summed E-state index contributed by atoms with van der Waals surface area (Å²) in [4.78, 5) is 13.1. The molecule has 112 valence electrons. The van der Waals surface area contributed by atoms with Crippen molar-refractivity contribution in [3.63, 3.8) is 0 Å². The largest absolute Gasteiger partial charge is 0.489 e. The quantitative estimate of drug-likeness (QED) is 0.794. The zero-order chi connectivity index (χ0) is 15.6. The van der Waals surface area contributed by atoms with Crippen molar-refractivity contribution in [3.8, 4) is 17.0 Å². The van der Waals surface area contributed by atoms with Crippen LogP contribution in [0.3, 0.4) is 0 Å². The van der Waals surface area contributed by atoms with E-state index in [1.807, 2.05) is 19.9 Å². The van der Waals surface area contributed by atoms with Crippen LogP contribution in [0.5, 0.6) is 5.75 Å². The zero-order valence-corrected chi connectivity index (χ0v) is 13.8. The van der Waals surface area contributed by atoms with Gasteiger partial charge in [0.25, 0.3) is 0 Å².